The maximum Gasteiger partial charge on any atom is 0.200 e. The van der Waals surface area contributed by atoms with Gasteiger partial charge in [-0.3, -0.25) is 4.79 Å². The van der Waals surface area contributed by atoms with E-state index in [0.717, 1.165) is 0 Å². The number of hydrogen-bond acceptors (Lipinski definition) is 4. The number of Topliss-reactive ketones (excluding diaryl/α,β-unsaturated/α-hetero) is 1. The zero-order valence-corrected chi connectivity index (χ0v) is 9.65. The number of aromatic hydroxyl groups is 2. The van der Waals surface area contributed by atoms with E-state index in [1.807, 2.05) is 13.8 Å². The lowest BCUT2D eigenvalue weighted by Crippen LogP contribution is -2.06. The quantitative estimate of drug-likeness (QED) is 0.768. The van der Waals surface area contributed by atoms with Crippen LogP contribution in [0, 0.1) is 0 Å². The van der Waals surface area contributed by atoms with Gasteiger partial charge in [-0.15, -0.1) is 0 Å². The van der Waals surface area contributed by atoms with Crippen LogP contribution in [-0.2, 0) is 11.2 Å². The predicted molar refractivity (Wildman–Crippen MR) is 59.9 cm³/mol. The minimum atomic E-state index is -0.313. The van der Waals surface area contributed by atoms with Crippen molar-refractivity contribution < 1.29 is 19.7 Å². The van der Waals surface area contributed by atoms with Crippen LogP contribution >= 0.6 is 0 Å². The number of phenols is 2. The van der Waals surface area contributed by atoms with Crippen molar-refractivity contribution >= 4 is 5.78 Å². The third-order valence-corrected chi connectivity index (χ3v) is 2.00. The summed E-state index contributed by atoms with van der Waals surface area (Å²) in [6.45, 7) is 5.06. The van der Waals surface area contributed by atoms with Crippen LogP contribution in [0.15, 0.2) is 12.1 Å². The minimum Gasteiger partial charge on any atom is -0.504 e. The van der Waals surface area contributed by atoms with Gasteiger partial charge in [-0.05, 0) is 26.8 Å². The highest BCUT2D eigenvalue weighted by molar-refractivity contribution is 5.79. The van der Waals surface area contributed by atoms with E-state index in [2.05, 4.69) is 0 Å². The number of hydrogen-bond donors (Lipinski definition) is 2. The summed E-state index contributed by atoms with van der Waals surface area (Å²) in [5.41, 5.74) is 0.404. The van der Waals surface area contributed by atoms with E-state index in [0.29, 0.717) is 5.56 Å². The Kier molecular flexibility index (Phi) is 3.77. The molecule has 0 spiro atoms. The predicted octanol–water partition coefficient (Wildman–Crippen LogP) is 2.02. The summed E-state index contributed by atoms with van der Waals surface area (Å²) in [5.74, 6) is -0.451. The second kappa shape index (κ2) is 4.88. The van der Waals surface area contributed by atoms with E-state index in [9.17, 15) is 15.0 Å². The van der Waals surface area contributed by atoms with Crippen LogP contribution < -0.4 is 4.74 Å². The molecule has 88 valence electrons. The molecule has 0 bridgehead atoms. The monoisotopic (exact) mass is 224 g/mol. The van der Waals surface area contributed by atoms with Crippen molar-refractivity contribution in [1.82, 2.24) is 0 Å². The molecule has 1 aromatic carbocycles. The Morgan fingerprint density at radius 1 is 1.31 bits per heavy atom. The molecule has 0 saturated heterocycles. The normalized spacial score (nSPS) is 10.5. The number of rotatable bonds is 4. The van der Waals surface area contributed by atoms with Crippen LogP contribution in [0.25, 0.3) is 0 Å². The lowest BCUT2D eigenvalue weighted by atomic mass is 10.1. The van der Waals surface area contributed by atoms with Gasteiger partial charge in [-0.2, -0.15) is 0 Å². The average molecular weight is 224 g/mol. The molecule has 0 aliphatic heterocycles. The maximum absolute atomic E-state index is 10.9. The number of phenolic OH excluding ortho intramolecular Hbond substituents is 2. The summed E-state index contributed by atoms with van der Waals surface area (Å²) in [7, 11) is 0. The highest BCUT2D eigenvalue weighted by atomic mass is 16.5. The molecule has 4 heteroatoms. The molecule has 1 aromatic rings. The fourth-order valence-corrected chi connectivity index (χ4v) is 1.36. The summed E-state index contributed by atoms with van der Waals surface area (Å²) in [6.07, 6.45) is 0.00501. The van der Waals surface area contributed by atoms with E-state index in [1.165, 1.54) is 6.92 Å². The van der Waals surface area contributed by atoms with Crippen LogP contribution in [-0.4, -0.2) is 22.1 Å². The summed E-state index contributed by atoms with van der Waals surface area (Å²) in [6, 6.07) is 3.13. The number of carbonyl (C=O) groups is 1. The number of carbonyl (C=O) groups excluding carboxylic acids is 1. The summed E-state index contributed by atoms with van der Waals surface area (Å²) in [5, 5.41) is 19.3. The molecule has 2 N–H and O–H groups in total. The molecule has 0 aliphatic rings. The van der Waals surface area contributed by atoms with E-state index < -0.39 is 0 Å². The van der Waals surface area contributed by atoms with Crippen molar-refractivity contribution in [1.29, 1.82) is 0 Å². The largest absolute Gasteiger partial charge is 0.504 e. The van der Waals surface area contributed by atoms with Gasteiger partial charge in [0, 0.05) is 12.0 Å². The third-order valence-electron chi connectivity index (χ3n) is 2.00. The van der Waals surface area contributed by atoms with Crippen molar-refractivity contribution in [3.8, 4) is 17.2 Å². The number of ketones is 1. The molecule has 0 aromatic heterocycles. The van der Waals surface area contributed by atoms with Crippen LogP contribution in [0.2, 0.25) is 0 Å². The first-order chi connectivity index (χ1) is 7.41. The molecular weight excluding hydrogens is 208 g/mol. The smallest absolute Gasteiger partial charge is 0.200 e. The fourth-order valence-electron chi connectivity index (χ4n) is 1.36. The topological polar surface area (TPSA) is 66.8 Å². The molecule has 0 radical (unpaired) electrons. The highest BCUT2D eigenvalue weighted by Crippen LogP contribution is 2.38. The molecule has 0 amide bonds. The van der Waals surface area contributed by atoms with E-state index in [1.54, 1.807) is 12.1 Å². The van der Waals surface area contributed by atoms with Gasteiger partial charge in [-0.25, -0.2) is 0 Å². The zero-order chi connectivity index (χ0) is 12.3. The Hall–Kier alpha value is -1.71. The van der Waals surface area contributed by atoms with Gasteiger partial charge in [0.15, 0.2) is 11.5 Å². The minimum absolute atomic E-state index is 0.0766. The lowest BCUT2D eigenvalue weighted by Gasteiger charge is -2.13. The maximum atomic E-state index is 10.9. The van der Waals surface area contributed by atoms with Gasteiger partial charge >= 0.3 is 0 Å². The van der Waals surface area contributed by atoms with Crippen LogP contribution in [0.4, 0.5) is 0 Å². The number of ether oxygens (including phenoxy) is 1. The average Bonchev–Trinajstić information content (AvgIpc) is 2.16. The first-order valence-electron chi connectivity index (χ1n) is 5.11. The van der Waals surface area contributed by atoms with E-state index >= 15 is 0 Å². The van der Waals surface area contributed by atoms with Crippen molar-refractivity contribution in [3.63, 3.8) is 0 Å². The molecule has 0 atom stereocenters. The van der Waals surface area contributed by atoms with Crippen molar-refractivity contribution in [2.45, 2.75) is 33.3 Å². The SMILES string of the molecule is CC(=O)Cc1ccc(OC(C)C)c(O)c1O. The van der Waals surface area contributed by atoms with Gasteiger partial charge in [0.05, 0.1) is 6.10 Å². The summed E-state index contributed by atoms with van der Waals surface area (Å²) >= 11 is 0. The van der Waals surface area contributed by atoms with Gasteiger partial charge in [-0.1, -0.05) is 6.07 Å². The standard InChI is InChI=1S/C12H16O4/c1-7(2)16-10-5-4-9(6-8(3)13)11(14)12(10)15/h4-5,7,14-15H,6H2,1-3H3. The van der Waals surface area contributed by atoms with Gasteiger partial charge in [0.2, 0.25) is 5.75 Å². The first-order valence-corrected chi connectivity index (χ1v) is 5.11. The van der Waals surface area contributed by atoms with Crippen molar-refractivity contribution in [3.05, 3.63) is 17.7 Å². The summed E-state index contributed by atoms with van der Waals surface area (Å²) in [4.78, 5) is 10.9. The molecule has 0 saturated carbocycles. The molecule has 0 heterocycles. The molecular formula is C12H16O4. The zero-order valence-electron chi connectivity index (χ0n) is 9.65. The van der Waals surface area contributed by atoms with Gasteiger partial charge in [0.1, 0.15) is 5.78 Å². The molecule has 0 aliphatic carbocycles. The van der Waals surface area contributed by atoms with E-state index in [-0.39, 0.29) is 35.6 Å². The Morgan fingerprint density at radius 3 is 2.44 bits per heavy atom. The second-order valence-electron chi connectivity index (χ2n) is 3.97. The Labute approximate surface area is 94.5 Å². The lowest BCUT2D eigenvalue weighted by molar-refractivity contribution is -0.116. The Balaban J connectivity index is 3.03. The molecule has 16 heavy (non-hydrogen) atoms. The number of benzene rings is 1. The third kappa shape index (κ3) is 2.89. The fraction of sp³-hybridized carbons (Fsp3) is 0.417. The Bertz CT molecular complexity index is 396. The van der Waals surface area contributed by atoms with E-state index in [4.69, 9.17) is 4.74 Å². The molecule has 1 rings (SSSR count). The van der Waals surface area contributed by atoms with Crippen LogP contribution in [0.3, 0.4) is 0 Å². The van der Waals surface area contributed by atoms with Crippen molar-refractivity contribution in [2.24, 2.45) is 0 Å². The van der Waals surface area contributed by atoms with Gasteiger partial charge < -0.3 is 14.9 Å². The van der Waals surface area contributed by atoms with Crippen molar-refractivity contribution in [2.75, 3.05) is 0 Å². The van der Waals surface area contributed by atoms with Crippen LogP contribution in [0.5, 0.6) is 17.2 Å². The molecule has 0 unspecified atom stereocenters. The van der Waals surface area contributed by atoms with Crippen LogP contribution in [0.1, 0.15) is 26.3 Å². The Morgan fingerprint density at radius 2 is 1.94 bits per heavy atom. The molecule has 0 fully saturated rings. The summed E-state index contributed by atoms with van der Waals surface area (Å²) < 4.78 is 5.29. The second-order valence-corrected chi connectivity index (χ2v) is 3.97. The first kappa shape index (κ1) is 12.4. The van der Waals surface area contributed by atoms with Gasteiger partial charge in [0.25, 0.3) is 0 Å². The highest BCUT2D eigenvalue weighted by Gasteiger charge is 2.14. The molecule has 4 nitrogen and oxygen atoms in total.